The molecule has 2 N–H and O–H groups in total. The zero-order valence-electron chi connectivity index (χ0n) is 14.8. The minimum atomic E-state index is -0.499. The Morgan fingerprint density at radius 3 is 2.59 bits per heavy atom. The van der Waals surface area contributed by atoms with Gasteiger partial charge in [-0.15, -0.1) is 0 Å². The number of ether oxygens (including phenoxy) is 1. The van der Waals surface area contributed by atoms with E-state index < -0.39 is 5.91 Å². The molecule has 0 saturated heterocycles. The van der Waals surface area contributed by atoms with Gasteiger partial charge in [0.05, 0.1) is 7.11 Å². The van der Waals surface area contributed by atoms with E-state index in [1.165, 1.54) is 6.08 Å². The highest BCUT2D eigenvalue weighted by Crippen LogP contribution is 2.29. The number of phenols is 1. The largest absolute Gasteiger partial charge is 0.507 e. The lowest BCUT2D eigenvalue weighted by Crippen LogP contribution is -2.23. The molecule has 0 aliphatic carbocycles. The number of amides is 1. The number of rotatable bonds is 5. The molecule has 5 heteroatoms. The molecular weight excluding hydrogens is 340 g/mol. The number of aromatic hydroxyl groups is 1. The van der Waals surface area contributed by atoms with Crippen molar-refractivity contribution >= 4 is 22.8 Å². The maximum absolute atomic E-state index is 12.4. The molecule has 0 bridgehead atoms. The van der Waals surface area contributed by atoms with Crippen molar-refractivity contribution < 1.29 is 14.6 Å². The second-order valence-electron chi connectivity index (χ2n) is 5.92. The quantitative estimate of drug-likeness (QED) is 0.537. The number of nitriles is 1. The molecule has 3 rings (SSSR count). The van der Waals surface area contributed by atoms with E-state index in [1.54, 1.807) is 31.4 Å². The van der Waals surface area contributed by atoms with Crippen LogP contribution in [0.5, 0.6) is 11.5 Å². The number of nitrogens with one attached hydrogen (secondary N) is 1. The SMILES string of the molecule is COc1ccc(CNC(=O)/C(C#N)=C/c2c(O)ccc3ccccc23)cc1. The molecule has 0 aliphatic rings. The first-order chi connectivity index (χ1) is 13.1. The normalized spacial score (nSPS) is 11.0. The van der Waals surface area contributed by atoms with Crippen LogP contribution in [0.3, 0.4) is 0 Å². The average molecular weight is 358 g/mol. The highest BCUT2D eigenvalue weighted by molar-refractivity contribution is 6.04. The Labute approximate surface area is 157 Å². The Morgan fingerprint density at radius 1 is 1.15 bits per heavy atom. The van der Waals surface area contributed by atoms with Gasteiger partial charge in [-0.2, -0.15) is 5.26 Å². The van der Waals surface area contributed by atoms with Gasteiger partial charge in [-0.05, 0) is 40.6 Å². The fourth-order valence-corrected chi connectivity index (χ4v) is 2.75. The zero-order valence-corrected chi connectivity index (χ0v) is 14.8. The molecule has 0 fully saturated rings. The molecular formula is C22H18N2O3. The molecule has 0 saturated carbocycles. The Balaban J connectivity index is 1.83. The van der Waals surface area contributed by atoms with Crippen LogP contribution in [0.15, 0.2) is 66.2 Å². The van der Waals surface area contributed by atoms with E-state index in [-0.39, 0.29) is 17.9 Å². The minimum absolute atomic E-state index is 0.0180. The summed E-state index contributed by atoms with van der Waals surface area (Å²) in [6.07, 6.45) is 1.42. The van der Waals surface area contributed by atoms with Crippen molar-refractivity contribution in [2.24, 2.45) is 0 Å². The van der Waals surface area contributed by atoms with E-state index in [1.807, 2.05) is 42.5 Å². The Hall–Kier alpha value is -3.78. The molecule has 0 aliphatic heterocycles. The van der Waals surface area contributed by atoms with Crippen molar-refractivity contribution in [1.29, 1.82) is 5.26 Å². The van der Waals surface area contributed by atoms with Gasteiger partial charge < -0.3 is 15.2 Å². The second-order valence-corrected chi connectivity index (χ2v) is 5.92. The van der Waals surface area contributed by atoms with Crippen LogP contribution in [0.4, 0.5) is 0 Å². The first-order valence-corrected chi connectivity index (χ1v) is 8.36. The number of benzene rings is 3. The van der Waals surface area contributed by atoms with Crippen LogP contribution in [-0.4, -0.2) is 18.1 Å². The average Bonchev–Trinajstić information content (AvgIpc) is 2.71. The number of nitrogens with zero attached hydrogens (tertiary/aromatic N) is 1. The third-order valence-electron chi connectivity index (χ3n) is 4.21. The topological polar surface area (TPSA) is 82.3 Å². The maximum Gasteiger partial charge on any atom is 0.262 e. The van der Waals surface area contributed by atoms with Gasteiger partial charge in [-0.3, -0.25) is 4.79 Å². The standard InChI is InChI=1S/C22H18N2O3/c1-27-18-9-6-15(7-10-18)14-24-22(26)17(13-23)12-20-19-5-3-2-4-16(19)8-11-21(20)25/h2-12,25H,14H2,1H3,(H,24,26)/b17-12+. The number of hydrogen-bond donors (Lipinski definition) is 2. The summed E-state index contributed by atoms with van der Waals surface area (Å²) in [6, 6.07) is 20.0. The Morgan fingerprint density at radius 2 is 1.89 bits per heavy atom. The molecule has 1 amide bonds. The monoisotopic (exact) mass is 358 g/mol. The van der Waals surface area contributed by atoms with Gasteiger partial charge in [-0.1, -0.05) is 42.5 Å². The molecule has 0 heterocycles. The predicted octanol–water partition coefficient (Wildman–Crippen LogP) is 3.78. The van der Waals surface area contributed by atoms with E-state index in [4.69, 9.17) is 4.74 Å². The van der Waals surface area contributed by atoms with Crippen LogP contribution < -0.4 is 10.1 Å². The molecule has 134 valence electrons. The van der Waals surface area contributed by atoms with Crippen molar-refractivity contribution in [3.8, 4) is 17.6 Å². The summed E-state index contributed by atoms with van der Waals surface area (Å²) in [5, 5.41) is 24.0. The Bertz CT molecular complexity index is 1050. The summed E-state index contributed by atoms with van der Waals surface area (Å²) >= 11 is 0. The van der Waals surface area contributed by atoms with Crippen LogP contribution in [-0.2, 0) is 11.3 Å². The summed E-state index contributed by atoms with van der Waals surface area (Å²) in [5.41, 5.74) is 1.26. The zero-order chi connectivity index (χ0) is 19.2. The Kier molecular flexibility index (Phi) is 5.38. The number of carbonyl (C=O) groups is 1. The summed E-state index contributed by atoms with van der Waals surface area (Å²) in [5.74, 6) is 0.249. The highest BCUT2D eigenvalue weighted by atomic mass is 16.5. The van der Waals surface area contributed by atoms with Gasteiger partial charge in [0.2, 0.25) is 0 Å². The van der Waals surface area contributed by atoms with Crippen molar-refractivity contribution in [1.82, 2.24) is 5.32 Å². The van der Waals surface area contributed by atoms with Crippen LogP contribution in [0.1, 0.15) is 11.1 Å². The minimum Gasteiger partial charge on any atom is -0.507 e. The fraction of sp³-hybridized carbons (Fsp3) is 0.0909. The third kappa shape index (κ3) is 4.07. The van der Waals surface area contributed by atoms with Gasteiger partial charge >= 0.3 is 0 Å². The molecule has 0 radical (unpaired) electrons. The summed E-state index contributed by atoms with van der Waals surface area (Å²) < 4.78 is 5.10. The molecule has 5 nitrogen and oxygen atoms in total. The molecule has 3 aromatic carbocycles. The number of methoxy groups -OCH3 is 1. The molecule has 0 aromatic heterocycles. The first kappa shape index (κ1) is 18.0. The molecule has 0 atom stereocenters. The van der Waals surface area contributed by atoms with Crippen molar-refractivity contribution in [3.63, 3.8) is 0 Å². The molecule has 0 unspecified atom stereocenters. The van der Waals surface area contributed by atoms with Crippen LogP contribution in [0.25, 0.3) is 16.8 Å². The fourth-order valence-electron chi connectivity index (χ4n) is 2.75. The highest BCUT2D eigenvalue weighted by Gasteiger charge is 2.12. The van der Waals surface area contributed by atoms with E-state index in [0.29, 0.717) is 5.56 Å². The van der Waals surface area contributed by atoms with Crippen LogP contribution in [0.2, 0.25) is 0 Å². The van der Waals surface area contributed by atoms with E-state index in [0.717, 1.165) is 22.1 Å². The lowest BCUT2D eigenvalue weighted by molar-refractivity contribution is -0.117. The number of phenolic OH excluding ortho intramolecular Hbond substituents is 1. The van der Waals surface area contributed by atoms with Gasteiger partial charge in [0, 0.05) is 12.1 Å². The smallest absolute Gasteiger partial charge is 0.262 e. The first-order valence-electron chi connectivity index (χ1n) is 8.36. The van der Waals surface area contributed by atoms with Crippen LogP contribution in [0, 0.1) is 11.3 Å². The molecule has 3 aromatic rings. The third-order valence-corrected chi connectivity index (χ3v) is 4.21. The number of fused-ring (bicyclic) bond motifs is 1. The van der Waals surface area contributed by atoms with E-state index >= 15 is 0 Å². The lowest BCUT2D eigenvalue weighted by Gasteiger charge is -2.08. The number of carbonyl (C=O) groups excluding carboxylic acids is 1. The lowest BCUT2D eigenvalue weighted by atomic mass is 10.0. The summed E-state index contributed by atoms with van der Waals surface area (Å²) in [4.78, 5) is 12.4. The number of hydrogen-bond acceptors (Lipinski definition) is 4. The predicted molar refractivity (Wildman–Crippen MR) is 104 cm³/mol. The summed E-state index contributed by atoms with van der Waals surface area (Å²) in [6.45, 7) is 0.281. The summed E-state index contributed by atoms with van der Waals surface area (Å²) in [7, 11) is 1.59. The second kappa shape index (κ2) is 8.07. The van der Waals surface area contributed by atoms with Crippen molar-refractivity contribution in [2.75, 3.05) is 7.11 Å². The molecule has 27 heavy (non-hydrogen) atoms. The van der Waals surface area contributed by atoms with Gasteiger partial charge in [-0.25, -0.2) is 0 Å². The van der Waals surface area contributed by atoms with Crippen molar-refractivity contribution in [3.05, 3.63) is 77.4 Å². The van der Waals surface area contributed by atoms with Crippen molar-refractivity contribution in [2.45, 2.75) is 6.54 Å². The maximum atomic E-state index is 12.4. The van der Waals surface area contributed by atoms with Crippen LogP contribution >= 0.6 is 0 Å². The molecule has 0 spiro atoms. The van der Waals surface area contributed by atoms with Gasteiger partial charge in [0.25, 0.3) is 5.91 Å². The van der Waals surface area contributed by atoms with Gasteiger partial charge in [0.15, 0.2) is 0 Å². The van der Waals surface area contributed by atoms with E-state index in [9.17, 15) is 15.2 Å². The van der Waals surface area contributed by atoms with Gasteiger partial charge in [0.1, 0.15) is 23.1 Å². The van der Waals surface area contributed by atoms with E-state index in [2.05, 4.69) is 5.32 Å².